The highest BCUT2D eigenvalue weighted by atomic mass is 15.0. The number of rotatable bonds is 2. The minimum Gasteiger partial charge on any atom is -0.368 e. The standard InChI is InChI=1S/C17H12N6/c18-17-21-9-12(16(23-17)11-5-7-19-8-6-11)15-10-20-13-3-1-2-4-14(13)22-15/h1-10H,(H2,18,21,23). The molecular weight excluding hydrogens is 288 g/mol. The van der Waals surface area contributed by atoms with Crippen LogP contribution in [0.25, 0.3) is 33.5 Å². The van der Waals surface area contributed by atoms with Crippen LogP contribution in [0, 0.1) is 0 Å². The number of hydrogen-bond donors (Lipinski definition) is 1. The van der Waals surface area contributed by atoms with Crippen LogP contribution in [-0.2, 0) is 0 Å². The number of nitrogen functional groups attached to an aromatic ring is 1. The van der Waals surface area contributed by atoms with Crippen molar-refractivity contribution in [2.45, 2.75) is 0 Å². The van der Waals surface area contributed by atoms with Gasteiger partial charge in [-0.2, -0.15) is 0 Å². The molecule has 4 rings (SSSR count). The maximum absolute atomic E-state index is 5.76. The van der Waals surface area contributed by atoms with Crippen LogP contribution in [0.1, 0.15) is 0 Å². The molecule has 23 heavy (non-hydrogen) atoms. The second-order valence-corrected chi connectivity index (χ2v) is 4.97. The lowest BCUT2D eigenvalue weighted by molar-refractivity contribution is 1.17. The summed E-state index contributed by atoms with van der Waals surface area (Å²) in [4.78, 5) is 21.6. The molecule has 4 aromatic rings. The van der Waals surface area contributed by atoms with E-state index in [1.807, 2.05) is 36.4 Å². The van der Waals surface area contributed by atoms with Gasteiger partial charge in [-0.25, -0.2) is 15.0 Å². The summed E-state index contributed by atoms with van der Waals surface area (Å²) in [6, 6.07) is 11.5. The van der Waals surface area contributed by atoms with Crippen LogP contribution in [0.5, 0.6) is 0 Å². The van der Waals surface area contributed by atoms with Crippen LogP contribution in [0.4, 0.5) is 5.95 Å². The molecule has 1 aromatic carbocycles. The second kappa shape index (κ2) is 5.42. The van der Waals surface area contributed by atoms with Crippen molar-refractivity contribution in [2.75, 3.05) is 5.73 Å². The fourth-order valence-corrected chi connectivity index (χ4v) is 2.40. The van der Waals surface area contributed by atoms with E-state index in [4.69, 9.17) is 5.73 Å². The van der Waals surface area contributed by atoms with Crippen molar-refractivity contribution in [1.82, 2.24) is 24.9 Å². The van der Waals surface area contributed by atoms with Gasteiger partial charge in [0.2, 0.25) is 5.95 Å². The molecule has 110 valence electrons. The monoisotopic (exact) mass is 300 g/mol. The van der Waals surface area contributed by atoms with Crippen LogP contribution in [0.2, 0.25) is 0 Å². The van der Waals surface area contributed by atoms with E-state index in [0.29, 0.717) is 11.4 Å². The molecule has 0 fully saturated rings. The molecule has 0 saturated heterocycles. The van der Waals surface area contributed by atoms with E-state index in [-0.39, 0.29) is 5.95 Å². The first-order valence-electron chi connectivity index (χ1n) is 7.06. The molecule has 0 bridgehead atoms. The third-order valence-electron chi connectivity index (χ3n) is 3.49. The topological polar surface area (TPSA) is 90.5 Å². The molecule has 3 heterocycles. The van der Waals surface area contributed by atoms with Crippen molar-refractivity contribution < 1.29 is 0 Å². The summed E-state index contributed by atoms with van der Waals surface area (Å²) >= 11 is 0. The van der Waals surface area contributed by atoms with E-state index in [2.05, 4.69) is 24.9 Å². The van der Waals surface area contributed by atoms with Crippen LogP contribution < -0.4 is 5.73 Å². The summed E-state index contributed by atoms with van der Waals surface area (Å²) in [5.41, 5.74) is 10.5. The Balaban J connectivity index is 1.94. The number of pyridine rings is 1. The van der Waals surface area contributed by atoms with E-state index in [9.17, 15) is 0 Å². The third-order valence-corrected chi connectivity index (χ3v) is 3.49. The highest BCUT2D eigenvalue weighted by Gasteiger charge is 2.12. The maximum atomic E-state index is 5.76. The predicted molar refractivity (Wildman–Crippen MR) is 88.2 cm³/mol. The number of aromatic nitrogens is 5. The number of benzene rings is 1. The van der Waals surface area contributed by atoms with Crippen LogP contribution in [-0.4, -0.2) is 24.9 Å². The molecule has 0 amide bonds. The molecule has 0 aliphatic carbocycles. The van der Waals surface area contributed by atoms with Gasteiger partial charge in [0.05, 0.1) is 28.6 Å². The van der Waals surface area contributed by atoms with Gasteiger partial charge in [0, 0.05) is 29.7 Å². The number of nitrogens with zero attached hydrogens (tertiary/aromatic N) is 5. The first-order valence-corrected chi connectivity index (χ1v) is 7.06. The molecule has 6 heteroatoms. The van der Waals surface area contributed by atoms with Crippen LogP contribution in [0.3, 0.4) is 0 Å². The first kappa shape index (κ1) is 13.3. The molecule has 0 radical (unpaired) electrons. The maximum Gasteiger partial charge on any atom is 0.220 e. The molecule has 0 atom stereocenters. The number of hydrogen-bond acceptors (Lipinski definition) is 6. The quantitative estimate of drug-likeness (QED) is 0.612. The molecule has 0 aliphatic rings. The number of nitrogens with two attached hydrogens (primary N) is 1. The summed E-state index contributed by atoms with van der Waals surface area (Å²) in [6.07, 6.45) is 6.83. The van der Waals surface area contributed by atoms with E-state index in [1.54, 1.807) is 24.8 Å². The van der Waals surface area contributed by atoms with Crippen LogP contribution >= 0.6 is 0 Å². The Morgan fingerprint density at radius 3 is 2.39 bits per heavy atom. The second-order valence-electron chi connectivity index (χ2n) is 4.97. The Morgan fingerprint density at radius 1 is 0.783 bits per heavy atom. The summed E-state index contributed by atoms with van der Waals surface area (Å²) in [5, 5.41) is 0. The molecule has 6 nitrogen and oxygen atoms in total. The average molecular weight is 300 g/mol. The molecular formula is C17H12N6. The first-order chi connectivity index (χ1) is 11.3. The molecule has 0 saturated carbocycles. The normalized spacial score (nSPS) is 10.8. The SMILES string of the molecule is Nc1ncc(-c2cnc3ccccc3n2)c(-c2ccncc2)n1. The van der Waals surface area contributed by atoms with Gasteiger partial charge in [0.1, 0.15) is 0 Å². The van der Waals surface area contributed by atoms with E-state index in [0.717, 1.165) is 22.2 Å². The fraction of sp³-hybridized carbons (Fsp3) is 0. The minimum absolute atomic E-state index is 0.217. The Kier molecular flexibility index (Phi) is 3.12. The minimum atomic E-state index is 0.217. The Labute approximate surface area is 132 Å². The number of para-hydroxylation sites is 2. The Morgan fingerprint density at radius 2 is 1.57 bits per heavy atom. The average Bonchev–Trinajstić information content (AvgIpc) is 2.62. The third kappa shape index (κ3) is 2.46. The van der Waals surface area contributed by atoms with Crippen molar-refractivity contribution >= 4 is 17.0 Å². The van der Waals surface area contributed by atoms with Crippen molar-refractivity contribution in [3.05, 3.63) is 61.2 Å². The smallest absolute Gasteiger partial charge is 0.220 e. The van der Waals surface area contributed by atoms with Gasteiger partial charge < -0.3 is 5.73 Å². The zero-order valence-electron chi connectivity index (χ0n) is 12.1. The zero-order chi connectivity index (χ0) is 15.6. The summed E-state index contributed by atoms with van der Waals surface area (Å²) < 4.78 is 0. The largest absolute Gasteiger partial charge is 0.368 e. The van der Waals surface area contributed by atoms with Gasteiger partial charge >= 0.3 is 0 Å². The summed E-state index contributed by atoms with van der Waals surface area (Å²) in [7, 11) is 0. The fourth-order valence-electron chi connectivity index (χ4n) is 2.40. The molecule has 0 spiro atoms. The van der Waals surface area contributed by atoms with Gasteiger partial charge in [0.25, 0.3) is 0 Å². The van der Waals surface area contributed by atoms with E-state index >= 15 is 0 Å². The summed E-state index contributed by atoms with van der Waals surface area (Å²) in [6.45, 7) is 0. The molecule has 0 unspecified atom stereocenters. The van der Waals surface area contributed by atoms with E-state index in [1.165, 1.54) is 0 Å². The van der Waals surface area contributed by atoms with Crippen molar-refractivity contribution in [2.24, 2.45) is 0 Å². The summed E-state index contributed by atoms with van der Waals surface area (Å²) in [5.74, 6) is 0.217. The number of anilines is 1. The lowest BCUT2D eigenvalue weighted by Crippen LogP contribution is -2.00. The zero-order valence-corrected chi connectivity index (χ0v) is 12.1. The van der Waals surface area contributed by atoms with Crippen molar-refractivity contribution in [1.29, 1.82) is 0 Å². The predicted octanol–water partition coefficient (Wildman–Crippen LogP) is 2.73. The lowest BCUT2D eigenvalue weighted by atomic mass is 10.1. The Bertz CT molecular complexity index is 984. The van der Waals surface area contributed by atoms with Gasteiger partial charge in [0.15, 0.2) is 0 Å². The van der Waals surface area contributed by atoms with Gasteiger partial charge in [-0.3, -0.25) is 9.97 Å². The highest BCUT2D eigenvalue weighted by Crippen LogP contribution is 2.29. The Hall–Kier alpha value is -3.41. The lowest BCUT2D eigenvalue weighted by Gasteiger charge is -2.09. The highest BCUT2D eigenvalue weighted by molar-refractivity contribution is 5.82. The van der Waals surface area contributed by atoms with Gasteiger partial charge in [-0.15, -0.1) is 0 Å². The van der Waals surface area contributed by atoms with E-state index < -0.39 is 0 Å². The molecule has 2 N–H and O–H groups in total. The molecule has 3 aromatic heterocycles. The van der Waals surface area contributed by atoms with Gasteiger partial charge in [-0.1, -0.05) is 12.1 Å². The molecule has 0 aliphatic heterocycles. The van der Waals surface area contributed by atoms with Crippen LogP contribution in [0.15, 0.2) is 61.2 Å². The van der Waals surface area contributed by atoms with Gasteiger partial charge in [-0.05, 0) is 24.3 Å². The van der Waals surface area contributed by atoms with Crippen molar-refractivity contribution in [3.8, 4) is 22.5 Å². The number of fused-ring (bicyclic) bond motifs is 1. The van der Waals surface area contributed by atoms with Crippen molar-refractivity contribution in [3.63, 3.8) is 0 Å².